The molecule has 4 heteroatoms. The maximum atomic E-state index is 9.48. The predicted octanol–water partition coefficient (Wildman–Crippen LogP) is -0.0370. The van der Waals surface area contributed by atoms with Crippen LogP contribution in [0.5, 0.6) is 0 Å². The zero-order valence-electron chi connectivity index (χ0n) is 4.03. The predicted molar refractivity (Wildman–Crippen MR) is 23.9 cm³/mol. The summed E-state index contributed by atoms with van der Waals surface area (Å²) in [5.41, 5.74) is 0. The van der Waals surface area contributed by atoms with Gasteiger partial charge in [-0.25, -0.2) is 0 Å². The summed E-state index contributed by atoms with van der Waals surface area (Å²) in [6.45, 7) is 4.66. The van der Waals surface area contributed by atoms with Crippen molar-refractivity contribution in [1.29, 1.82) is 0 Å². The molecular formula is C4H3NO2Y-2. The van der Waals surface area contributed by atoms with Crippen molar-refractivity contribution in [3.8, 4) is 0 Å². The second kappa shape index (κ2) is 6.98. The van der Waals surface area contributed by atoms with Crippen molar-refractivity contribution >= 4 is 12.2 Å². The number of aliphatic imine (C=N–C) groups is 1. The van der Waals surface area contributed by atoms with Gasteiger partial charge in [-0.05, 0) is 0 Å². The molecule has 0 aliphatic heterocycles. The number of carboxylic acid groups (broad SMARTS) is 1. The van der Waals surface area contributed by atoms with Gasteiger partial charge < -0.3 is 22.9 Å². The van der Waals surface area contributed by atoms with Crippen molar-refractivity contribution in [3.05, 3.63) is 12.8 Å². The van der Waals surface area contributed by atoms with Crippen molar-refractivity contribution in [2.45, 2.75) is 0 Å². The summed E-state index contributed by atoms with van der Waals surface area (Å²) in [7, 11) is 0. The number of hydrogen-bond acceptors (Lipinski definition) is 2. The van der Waals surface area contributed by atoms with Gasteiger partial charge in [-0.15, -0.1) is 0 Å². The summed E-state index contributed by atoms with van der Waals surface area (Å²) in [6.07, 6.45) is 2.51. The van der Waals surface area contributed by atoms with Crippen LogP contribution in [-0.4, -0.2) is 17.3 Å². The molecule has 3 nitrogen and oxygen atoms in total. The topological polar surface area (TPSA) is 49.7 Å². The van der Waals surface area contributed by atoms with Gasteiger partial charge in [-0.2, -0.15) is 0 Å². The van der Waals surface area contributed by atoms with Crippen LogP contribution < -0.4 is 0 Å². The zero-order chi connectivity index (χ0) is 5.70. The summed E-state index contributed by atoms with van der Waals surface area (Å²) in [5.74, 6) is -1.22. The van der Waals surface area contributed by atoms with Crippen molar-refractivity contribution in [2.75, 3.05) is 0 Å². The van der Waals surface area contributed by atoms with Gasteiger partial charge >= 0.3 is 0 Å². The van der Waals surface area contributed by atoms with Crippen LogP contribution >= 0.6 is 0 Å². The van der Waals surface area contributed by atoms with Gasteiger partial charge in [0.15, 0.2) is 0 Å². The molecule has 0 saturated heterocycles. The van der Waals surface area contributed by atoms with Gasteiger partial charge in [0.1, 0.15) is 0 Å². The van der Waals surface area contributed by atoms with E-state index in [9.17, 15) is 4.79 Å². The molecule has 0 heterocycles. The van der Waals surface area contributed by atoms with Crippen LogP contribution in [0.4, 0.5) is 0 Å². The number of nitrogens with zero attached hydrogens (tertiary/aromatic N) is 1. The van der Waals surface area contributed by atoms with Gasteiger partial charge in [-0.1, -0.05) is 6.21 Å². The largest absolute Gasteiger partial charge is 0.601 e. The Bertz CT molecular complexity index is 111. The SMILES string of the molecule is [CH-]=CN=[C-]C(=O)O.[Y]. The van der Waals surface area contributed by atoms with Crippen LogP contribution in [0, 0.1) is 6.58 Å². The number of carbonyl (C=O) groups is 1. The standard InChI is InChI=1S/C4H3NO2.Y/c1-2-5-3-4(6)7;/h1-2H,(H,6,7);/q-2;. The summed E-state index contributed by atoms with van der Waals surface area (Å²) in [6, 6.07) is 0. The van der Waals surface area contributed by atoms with Gasteiger partial charge in [0.2, 0.25) is 0 Å². The van der Waals surface area contributed by atoms with Crippen molar-refractivity contribution < 1.29 is 42.6 Å². The molecule has 1 N–H and O–H groups in total. The Kier molecular flexibility index (Phi) is 9.49. The minimum absolute atomic E-state index is 0. The fraction of sp³-hybridized carbons (Fsp3) is 0. The number of aliphatic carboxylic acids is 1. The van der Waals surface area contributed by atoms with Crippen molar-refractivity contribution in [1.82, 2.24) is 0 Å². The van der Waals surface area contributed by atoms with E-state index < -0.39 is 5.97 Å². The van der Waals surface area contributed by atoms with E-state index in [0.717, 1.165) is 6.20 Å². The van der Waals surface area contributed by atoms with E-state index in [-0.39, 0.29) is 32.7 Å². The van der Waals surface area contributed by atoms with E-state index in [0.29, 0.717) is 0 Å². The molecule has 0 spiro atoms. The molecule has 0 amide bonds. The first-order valence-corrected chi connectivity index (χ1v) is 1.49. The third-order valence-corrected chi connectivity index (χ3v) is 0.235. The average molecular weight is 186 g/mol. The number of hydrogen-bond donors (Lipinski definition) is 1. The molecule has 41 valence electrons. The van der Waals surface area contributed by atoms with E-state index in [2.05, 4.69) is 11.6 Å². The van der Waals surface area contributed by atoms with Crippen molar-refractivity contribution in [3.63, 3.8) is 0 Å². The molecule has 0 aromatic rings. The van der Waals surface area contributed by atoms with Crippen molar-refractivity contribution in [2.24, 2.45) is 4.99 Å². The molecule has 0 aliphatic carbocycles. The zero-order valence-corrected chi connectivity index (χ0v) is 6.87. The van der Waals surface area contributed by atoms with Crippen LogP contribution in [0.1, 0.15) is 0 Å². The quantitative estimate of drug-likeness (QED) is 0.486. The Balaban J connectivity index is 0. The van der Waals surface area contributed by atoms with E-state index in [1.165, 1.54) is 0 Å². The van der Waals surface area contributed by atoms with E-state index in [1.54, 1.807) is 6.21 Å². The maximum Gasteiger partial charge on any atom is 0.253 e. The van der Waals surface area contributed by atoms with Gasteiger partial charge in [-0.3, -0.25) is 4.79 Å². The molecule has 0 unspecified atom stereocenters. The third kappa shape index (κ3) is 9.36. The van der Waals surface area contributed by atoms with Crippen LogP contribution in [0.3, 0.4) is 0 Å². The Morgan fingerprint density at radius 1 is 1.88 bits per heavy atom. The first kappa shape index (κ1) is 10.9. The van der Waals surface area contributed by atoms with Crippen LogP contribution in [0.2, 0.25) is 0 Å². The Hall–Kier alpha value is -0.0161. The maximum absolute atomic E-state index is 9.48. The molecular weight excluding hydrogens is 183 g/mol. The van der Waals surface area contributed by atoms with E-state index in [1.807, 2.05) is 0 Å². The molecule has 0 saturated carbocycles. The Morgan fingerprint density at radius 3 is 2.50 bits per heavy atom. The fourth-order valence-electron chi connectivity index (χ4n) is 0.0925. The van der Waals surface area contributed by atoms with E-state index >= 15 is 0 Å². The second-order valence-electron chi connectivity index (χ2n) is 0.695. The van der Waals surface area contributed by atoms with Gasteiger partial charge in [0.05, 0.1) is 0 Å². The van der Waals surface area contributed by atoms with Gasteiger partial charge in [0, 0.05) is 32.7 Å². The summed E-state index contributed by atoms with van der Waals surface area (Å²) in [5, 5.41) is 7.76. The fourth-order valence-corrected chi connectivity index (χ4v) is 0.0925. The number of carboxylic acids is 1. The average Bonchev–Trinajstić information content (AvgIpc) is 1.61. The van der Waals surface area contributed by atoms with Gasteiger partial charge in [0.25, 0.3) is 5.97 Å². The Morgan fingerprint density at radius 2 is 2.38 bits per heavy atom. The van der Waals surface area contributed by atoms with E-state index in [4.69, 9.17) is 5.11 Å². The molecule has 8 heavy (non-hydrogen) atoms. The molecule has 0 aliphatic rings. The molecule has 0 fully saturated rings. The minimum atomic E-state index is -1.22. The molecule has 0 aromatic carbocycles. The van der Waals surface area contributed by atoms with Crippen LogP contribution in [0.25, 0.3) is 0 Å². The molecule has 0 bridgehead atoms. The van der Waals surface area contributed by atoms with Crippen LogP contribution in [0.15, 0.2) is 11.2 Å². The summed E-state index contributed by atoms with van der Waals surface area (Å²) < 4.78 is 0. The minimum Gasteiger partial charge on any atom is -0.601 e. The smallest absolute Gasteiger partial charge is 0.253 e. The third-order valence-electron chi connectivity index (χ3n) is 0.235. The molecule has 1 radical (unpaired) electrons. The summed E-state index contributed by atoms with van der Waals surface area (Å²) >= 11 is 0. The summed E-state index contributed by atoms with van der Waals surface area (Å²) in [4.78, 5) is 12.5. The first-order valence-electron chi connectivity index (χ1n) is 1.49. The monoisotopic (exact) mass is 186 g/mol. The first-order chi connectivity index (χ1) is 3.27. The number of rotatable bonds is 2. The second-order valence-corrected chi connectivity index (χ2v) is 0.695. The molecule has 0 aromatic heterocycles. The van der Waals surface area contributed by atoms with Crippen LogP contribution in [-0.2, 0) is 37.5 Å². The molecule has 0 atom stereocenters. The Labute approximate surface area is 72.4 Å². The normalized spacial score (nSPS) is 8.00. The molecule has 0 rings (SSSR count).